The molecule has 0 unspecified atom stereocenters. The highest BCUT2D eigenvalue weighted by Gasteiger charge is 2.63. The van der Waals surface area contributed by atoms with E-state index >= 15 is 0 Å². The van der Waals surface area contributed by atoms with Crippen molar-refractivity contribution in [1.29, 1.82) is 0 Å². The molecule has 1 aromatic heterocycles. The maximum absolute atomic E-state index is 11.6. The molecule has 0 saturated heterocycles. The average Bonchev–Trinajstić information content (AvgIpc) is 3.10. The monoisotopic (exact) mass is 386 g/mol. The summed E-state index contributed by atoms with van der Waals surface area (Å²) in [7, 11) is 0. The van der Waals surface area contributed by atoms with Gasteiger partial charge in [-0.1, -0.05) is 19.0 Å². The smallest absolute Gasteiger partial charge is 0.234 e. The van der Waals surface area contributed by atoms with Gasteiger partial charge in [-0.25, -0.2) is 0 Å². The van der Waals surface area contributed by atoms with Crippen molar-refractivity contribution in [1.82, 2.24) is 5.16 Å². The minimum Gasteiger partial charge on any atom is -0.390 e. The molecule has 5 heteroatoms. The molecule has 1 amide bonds. The lowest BCUT2D eigenvalue weighted by Gasteiger charge is -2.60. The average molecular weight is 387 g/mol. The summed E-state index contributed by atoms with van der Waals surface area (Å²) in [6.07, 6.45) is 8.90. The summed E-state index contributed by atoms with van der Waals surface area (Å²) < 4.78 is 5.51. The van der Waals surface area contributed by atoms with E-state index in [0.717, 1.165) is 36.9 Å². The van der Waals surface area contributed by atoms with Crippen LogP contribution in [0, 0.1) is 34.5 Å². The molecule has 1 heterocycles. The minimum absolute atomic E-state index is 0.0652. The quantitative estimate of drug-likeness (QED) is 0.753. The van der Waals surface area contributed by atoms with Gasteiger partial charge < -0.3 is 9.63 Å². The number of carbonyl (C=O) groups excluding carboxylic acids is 1. The molecule has 4 aliphatic rings. The van der Waals surface area contributed by atoms with Crippen molar-refractivity contribution in [2.24, 2.45) is 34.5 Å². The zero-order chi connectivity index (χ0) is 19.9. The number of carbonyl (C=O) groups is 1. The van der Waals surface area contributed by atoms with Crippen molar-refractivity contribution in [2.75, 3.05) is 5.32 Å². The summed E-state index contributed by atoms with van der Waals surface area (Å²) in [5.74, 6) is 3.13. The van der Waals surface area contributed by atoms with E-state index in [1.54, 1.807) is 0 Å². The van der Waals surface area contributed by atoms with Crippen LogP contribution in [-0.2, 0) is 17.6 Å². The van der Waals surface area contributed by atoms with E-state index in [-0.39, 0.29) is 16.7 Å². The fraction of sp³-hybridized carbons (Fsp3) is 0.826. The predicted octanol–water partition coefficient (Wildman–Crippen LogP) is 4.34. The summed E-state index contributed by atoms with van der Waals surface area (Å²) in [6.45, 7) is 8.43. The minimum atomic E-state index is -0.521. The van der Waals surface area contributed by atoms with Gasteiger partial charge in [0.05, 0.1) is 11.3 Å². The normalized spacial score (nSPS) is 46.9. The van der Waals surface area contributed by atoms with E-state index in [1.165, 1.54) is 32.6 Å². The Labute approximate surface area is 167 Å². The van der Waals surface area contributed by atoms with Crippen LogP contribution in [0.4, 0.5) is 5.88 Å². The van der Waals surface area contributed by atoms with E-state index in [9.17, 15) is 9.90 Å². The Hall–Kier alpha value is -1.36. The molecule has 7 atom stereocenters. The molecule has 28 heavy (non-hydrogen) atoms. The highest BCUT2D eigenvalue weighted by Crippen LogP contribution is 2.67. The summed E-state index contributed by atoms with van der Waals surface area (Å²) in [5.41, 5.74) is 1.95. The van der Waals surface area contributed by atoms with Gasteiger partial charge in [0.15, 0.2) is 0 Å². The Balaban J connectivity index is 1.48. The van der Waals surface area contributed by atoms with Crippen molar-refractivity contribution in [3.8, 4) is 0 Å². The number of aromatic nitrogens is 1. The molecule has 0 aliphatic heterocycles. The Bertz CT molecular complexity index is 815. The number of fused-ring (bicyclic) bond motifs is 6. The first kappa shape index (κ1) is 18.7. The number of anilines is 1. The number of nitrogens with zero attached hydrogens (tertiary/aromatic N) is 1. The molecular formula is C23H34N2O3. The van der Waals surface area contributed by atoms with E-state index in [0.29, 0.717) is 29.6 Å². The van der Waals surface area contributed by atoms with Crippen molar-refractivity contribution in [3.05, 3.63) is 11.3 Å². The van der Waals surface area contributed by atoms with Crippen LogP contribution in [0.3, 0.4) is 0 Å². The Kier molecular flexibility index (Phi) is 3.89. The number of nitrogens with one attached hydrogen (secondary N) is 1. The largest absolute Gasteiger partial charge is 0.390 e. The van der Waals surface area contributed by atoms with Gasteiger partial charge >= 0.3 is 0 Å². The molecule has 4 aliphatic carbocycles. The molecule has 0 aromatic carbocycles. The number of hydrogen-bond acceptors (Lipinski definition) is 4. The van der Waals surface area contributed by atoms with Crippen LogP contribution < -0.4 is 5.32 Å². The lowest BCUT2D eigenvalue weighted by molar-refractivity contribution is -0.139. The summed E-state index contributed by atoms with van der Waals surface area (Å²) in [5, 5.41) is 18.2. The maximum atomic E-state index is 11.6. The van der Waals surface area contributed by atoms with Gasteiger partial charge in [0.2, 0.25) is 11.8 Å². The number of rotatable bonds is 1. The second-order valence-electron chi connectivity index (χ2n) is 10.9. The maximum Gasteiger partial charge on any atom is 0.234 e. The molecule has 3 fully saturated rings. The molecule has 5 rings (SSSR count). The van der Waals surface area contributed by atoms with Crippen molar-refractivity contribution >= 4 is 11.8 Å². The molecule has 2 N–H and O–H groups in total. The standard InChI is InChI=1S/C23H34N2O3/c1-13(26)24-20-16-12-21(2)14(11-19(16)25-28-20)5-6-15-17(21)7-9-22(3)18(15)8-10-23(22,4)27/h14-15,17-18,27H,5-12H2,1-4H3,(H,24,26)/t14-,15+,17-,18-,21-,22-,23-/m0/s1. The van der Waals surface area contributed by atoms with Crippen LogP contribution in [0.5, 0.6) is 0 Å². The van der Waals surface area contributed by atoms with Gasteiger partial charge in [-0.2, -0.15) is 0 Å². The second kappa shape index (κ2) is 5.84. The van der Waals surface area contributed by atoms with Gasteiger partial charge in [-0.05, 0) is 92.8 Å². The third-order valence-electron chi connectivity index (χ3n) is 9.78. The van der Waals surface area contributed by atoms with Crippen molar-refractivity contribution in [3.63, 3.8) is 0 Å². The van der Waals surface area contributed by atoms with Crippen LogP contribution in [0.1, 0.15) is 77.5 Å². The van der Waals surface area contributed by atoms with Crippen LogP contribution >= 0.6 is 0 Å². The van der Waals surface area contributed by atoms with Crippen LogP contribution in [0.25, 0.3) is 0 Å². The van der Waals surface area contributed by atoms with Crippen molar-refractivity contribution < 1.29 is 14.4 Å². The van der Waals surface area contributed by atoms with E-state index in [1.807, 2.05) is 0 Å². The topological polar surface area (TPSA) is 75.4 Å². The number of hydrogen-bond donors (Lipinski definition) is 2. The van der Waals surface area contributed by atoms with Gasteiger partial charge in [-0.3, -0.25) is 10.1 Å². The molecule has 1 aromatic rings. The van der Waals surface area contributed by atoms with E-state index in [2.05, 4.69) is 31.2 Å². The fourth-order valence-electron chi connectivity index (χ4n) is 7.95. The predicted molar refractivity (Wildman–Crippen MR) is 107 cm³/mol. The van der Waals surface area contributed by atoms with E-state index in [4.69, 9.17) is 4.52 Å². The third kappa shape index (κ3) is 2.34. The summed E-state index contributed by atoms with van der Waals surface area (Å²) in [4.78, 5) is 11.6. The Morgan fingerprint density at radius 1 is 1.14 bits per heavy atom. The van der Waals surface area contributed by atoms with Gasteiger partial charge in [0.1, 0.15) is 0 Å². The molecule has 154 valence electrons. The Morgan fingerprint density at radius 2 is 1.89 bits per heavy atom. The third-order valence-corrected chi connectivity index (χ3v) is 9.78. The highest BCUT2D eigenvalue weighted by atomic mass is 16.5. The zero-order valence-electron chi connectivity index (χ0n) is 17.7. The first-order chi connectivity index (χ1) is 13.2. The summed E-state index contributed by atoms with van der Waals surface area (Å²) >= 11 is 0. The van der Waals surface area contributed by atoms with Crippen molar-refractivity contribution in [2.45, 2.75) is 84.7 Å². The second-order valence-corrected chi connectivity index (χ2v) is 10.9. The lowest BCUT2D eigenvalue weighted by atomic mass is 9.44. The molecule has 3 saturated carbocycles. The van der Waals surface area contributed by atoms with Crippen LogP contribution in [0.15, 0.2) is 4.52 Å². The molecule has 0 bridgehead atoms. The van der Waals surface area contributed by atoms with Crippen LogP contribution in [-0.4, -0.2) is 21.8 Å². The fourth-order valence-corrected chi connectivity index (χ4v) is 7.95. The first-order valence-electron chi connectivity index (χ1n) is 11.1. The SMILES string of the molecule is CC(=O)Nc1onc2c1C[C@@]1(C)[C@@H](CC[C@@H]3[C@@H]1CC[C@@]1(C)[C@H]3CC[C@]1(C)O)C2. The first-order valence-corrected chi connectivity index (χ1v) is 11.1. The highest BCUT2D eigenvalue weighted by molar-refractivity contribution is 5.88. The van der Waals surface area contributed by atoms with Gasteiger partial charge in [0.25, 0.3) is 0 Å². The zero-order valence-corrected chi connectivity index (χ0v) is 17.7. The molecular weight excluding hydrogens is 352 g/mol. The number of aliphatic hydroxyl groups is 1. The molecule has 0 spiro atoms. The Morgan fingerprint density at radius 3 is 2.64 bits per heavy atom. The van der Waals surface area contributed by atoms with Crippen LogP contribution in [0.2, 0.25) is 0 Å². The van der Waals surface area contributed by atoms with Gasteiger partial charge in [-0.15, -0.1) is 0 Å². The number of amides is 1. The van der Waals surface area contributed by atoms with Gasteiger partial charge in [0, 0.05) is 12.5 Å². The molecule has 0 radical (unpaired) electrons. The van der Waals surface area contributed by atoms with E-state index < -0.39 is 5.60 Å². The summed E-state index contributed by atoms with van der Waals surface area (Å²) in [6, 6.07) is 0. The lowest BCUT2D eigenvalue weighted by Crippen LogP contribution is -2.56. The molecule has 5 nitrogen and oxygen atoms in total.